The number of aromatic nitrogens is 4. The van der Waals surface area contributed by atoms with Crippen molar-refractivity contribution in [3.63, 3.8) is 0 Å². The van der Waals surface area contributed by atoms with E-state index in [2.05, 4.69) is 101 Å². The molecule has 1 saturated heterocycles. The fourth-order valence-electron chi connectivity index (χ4n) is 9.18. The summed E-state index contributed by atoms with van der Waals surface area (Å²) in [4.78, 5) is 48.2. The quantitative estimate of drug-likeness (QED) is 0.128. The van der Waals surface area contributed by atoms with Gasteiger partial charge >= 0.3 is 6.09 Å². The number of nitrogens with one attached hydrogen (secondary N) is 3. The van der Waals surface area contributed by atoms with Crippen molar-refractivity contribution >= 4 is 44.6 Å². The number of nitrogens with zero attached hydrogens (tertiary/aromatic N) is 4. The van der Waals surface area contributed by atoms with E-state index in [0.29, 0.717) is 0 Å². The maximum atomic E-state index is 14.5. The summed E-state index contributed by atoms with van der Waals surface area (Å²) in [5, 5.41) is 7.42. The summed E-state index contributed by atoms with van der Waals surface area (Å²) in [6, 6.07) is 32.5. The molecule has 3 heterocycles. The highest BCUT2D eigenvalue weighted by molar-refractivity contribution is 6.05. The average molecular weight is 746 g/mol. The topological polar surface area (TPSA) is 119 Å². The van der Waals surface area contributed by atoms with E-state index in [-0.39, 0.29) is 23.9 Å². The Morgan fingerprint density at radius 2 is 1.64 bits per heavy atom. The van der Waals surface area contributed by atoms with Crippen molar-refractivity contribution in [2.24, 2.45) is 5.92 Å². The highest BCUT2D eigenvalue weighted by Gasteiger charge is 2.49. The first kappa shape index (κ1) is 35.7. The van der Waals surface area contributed by atoms with Crippen molar-refractivity contribution in [3.8, 4) is 22.4 Å². The molecule has 0 spiro atoms. The van der Waals surface area contributed by atoms with Gasteiger partial charge in [0, 0.05) is 17.0 Å². The van der Waals surface area contributed by atoms with E-state index >= 15 is 0 Å². The number of rotatable bonds is 10. The van der Waals surface area contributed by atoms with Crippen LogP contribution in [-0.4, -0.2) is 68.5 Å². The van der Waals surface area contributed by atoms with Crippen molar-refractivity contribution in [3.05, 3.63) is 120 Å². The predicted molar refractivity (Wildman–Crippen MR) is 221 cm³/mol. The number of carbonyl (C=O) groups excluding carboxylic acids is 2. The molecule has 2 fully saturated rings. The van der Waals surface area contributed by atoms with Crippen LogP contribution in [0.3, 0.4) is 0 Å². The van der Waals surface area contributed by atoms with Gasteiger partial charge < -0.3 is 24.9 Å². The number of imidazole rings is 2. The van der Waals surface area contributed by atoms with Crippen LogP contribution >= 0.6 is 0 Å². The Balaban J connectivity index is 0.972. The number of methoxy groups -OCH3 is 1. The third kappa shape index (κ3) is 6.68. The molecule has 1 aliphatic heterocycles. The Bertz CT molecular complexity index is 2560. The SMILES string of the molecule is CCCN(C)Cc1nc2c(ccc3cc(-c4ccc5cc(-c6cnc(C7C8CCCC(C8)N7C(=O)C(NC(=O)OC)c7ccccc7)[nH]6)ccc5c4)ccc32)[nH]1. The summed E-state index contributed by atoms with van der Waals surface area (Å²) in [6.07, 6.45) is 6.31. The van der Waals surface area contributed by atoms with Crippen LogP contribution in [0.4, 0.5) is 4.79 Å². The molecule has 7 aromatic rings. The predicted octanol–water partition coefficient (Wildman–Crippen LogP) is 9.31. The lowest BCUT2D eigenvalue weighted by Gasteiger charge is -2.32. The number of alkyl carbamates (subject to hydrolysis) is 1. The summed E-state index contributed by atoms with van der Waals surface area (Å²) >= 11 is 0. The number of ether oxygens (including phenoxy) is 1. The molecule has 1 aliphatic carbocycles. The molecule has 0 radical (unpaired) electrons. The van der Waals surface area contributed by atoms with Crippen molar-refractivity contribution in [1.82, 2.24) is 35.1 Å². The van der Waals surface area contributed by atoms with Gasteiger partial charge in [-0.15, -0.1) is 0 Å². The Kier molecular flexibility index (Phi) is 9.51. The van der Waals surface area contributed by atoms with Crippen LogP contribution in [0.25, 0.3) is 55.0 Å². The van der Waals surface area contributed by atoms with E-state index < -0.39 is 12.1 Å². The smallest absolute Gasteiger partial charge is 0.407 e. The molecule has 10 nitrogen and oxygen atoms in total. The van der Waals surface area contributed by atoms with Crippen LogP contribution in [0, 0.1) is 5.92 Å². The van der Waals surface area contributed by atoms with Gasteiger partial charge in [-0.1, -0.05) is 86.1 Å². The van der Waals surface area contributed by atoms with Gasteiger partial charge in [-0.3, -0.25) is 9.69 Å². The van der Waals surface area contributed by atoms with E-state index in [1.54, 1.807) is 0 Å². The lowest BCUT2D eigenvalue weighted by molar-refractivity contribution is -0.137. The van der Waals surface area contributed by atoms with E-state index in [1.165, 1.54) is 12.5 Å². The van der Waals surface area contributed by atoms with Crippen LogP contribution in [0.5, 0.6) is 0 Å². The molecular weight excluding hydrogens is 699 g/mol. The fourth-order valence-corrected chi connectivity index (χ4v) is 9.18. The van der Waals surface area contributed by atoms with Crippen LogP contribution in [0.2, 0.25) is 0 Å². The summed E-state index contributed by atoms with van der Waals surface area (Å²) < 4.78 is 4.92. The van der Waals surface area contributed by atoms with Crippen LogP contribution in [-0.2, 0) is 16.1 Å². The number of benzene rings is 5. The van der Waals surface area contributed by atoms with E-state index in [0.717, 1.165) is 112 Å². The van der Waals surface area contributed by atoms with Crippen molar-refractivity contribution in [2.75, 3.05) is 20.7 Å². The molecule has 56 heavy (non-hydrogen) atoms. The number of H-pyrrole nitrogens is 2. The molecule has 3 N–H and O–H groups in total. The summed E-state index contributed by atoms with van der Waals surface area (Å²) in [5.74, 6) is 1.93. The first-order chi connectivity index (χ1) is 27.4. The zero-order valence-corrected chi connectivity index (χ0v) is 32.1. The Hall–Kier alpha value is -6.00. The molecule has 2 aliphatic rings. The number of hydrogen-bond acceptors (Lipinski definition) is 6. The summed E-state index contributed by atoms with van der Waals surface area (Å²) in [6.45, 7) is 4.04. The van der Waals surface area contributed by atoms with Crippen molar-refractivity contribution in [2.45, 2.75) is 63.7 Å². The number of hydrogen-bond donors (Lipinski definition) is 3. The minimum Gasteiger partial charge on any atom is -0.453 e. The highest BCUT2D eigenvalue weighted by atomic mass is 16.5. The second kappa shape index (κ2) is 14.9. The first-order valence-corrected chi connectivity index (χ1v) is 19.8. The van der Waals surface area contributed by atoms with Gasteiger partial charge in [-0.05, 0) is 102 Å². The Morgan fingerprint density at radius 1 is 0.911 bits per heavy atom. The number of aromatic amines is 2. The van der Waals surface area contributed by atoms with Gasteiger partial charge in [0.15, 0.2) is 0 Å². The molecule has 2 bridgehead atoms. The molecule has 2 aromatic heterocycles. The molecular formula is C46H47N7O3. The van der Waals surface area contributed by atoms with Gasteiger partial charge in [0.1, 0.15) is 17.7 Å². The summed E-state index contributed by atoms with van der Waals surface area (Å²) in [5.41, 5.74) is 7.07. The molecule has 284 valence electrons. The van der Waals surface area contributed by atoms with Gasteiger partial charge in [-0.25, -0.2) is 14.8 Å². The molecule has 5 aromatic carbocycles. The number of likely N-dealkylation sites (tertiary alicyclic amines) is 1. The second-order valence-electron chi connectivity index (χ2n) is 15.5. The molecule has 4 unspecified atom stereocenters. The first-order valence-electron chi connectivity index (χ1n) is 19.8. The van der Waals surface area contributed by atoms with Crippen LogP contribution in [0.15, 0.2) is 103 Å². The number of fused-ring (bicyclic) bond motifs is 6. The van der Waals surface area contributed by atoms with Gasteiger partial charge in [-0.2, -0.15) is 0 Å². The lowest BCUT2D eigenvalue weighted by Crippen LogP contribution is -2.46. The number of amides is 2. The minimum atomic E-state index is -0.858. The lowest BCUT2D eigenvalue weighted by atomic mass is 9.87. The van der Waals surface area contributed by atoms with Crippen molar-refractivity contribution in [1.29, 1.82) is 0 Å². The minimum absolute atomic E-state index is 0.0877. The van der Waals surface area contributed by atoms with Crippen molar-refractivity contribution < 1.29 is 14.3 Å². The summed E-state index contributed by atoms with van der Waals surface area (Å²) in [7, 11) is 3.45. The zero-order chi connectivity index (χ0) is 38.3. The zero-order valence-electron chi connectivity index (χ0n) is 32.1. The standard InChI is InChI=1S/C46H47N7O3/c1-4-21-52(2)27-40-48-38-20-18-33-23-32(17-19-37(33)42(38)50-40)29-13-14-31-24-34(16-15-30(31)22-29)39-26-47-44(49-39)43-35-11-8-12-36(25-35)53(43)45(54)41(51-46(55)56-3)28-9-6-5-7-10-28/h5-7,9-10,13-20,22-24,26,35-36,41,43H,4,8,11-12,21,25,27H2,1-3H3,(H,47,49)(H,48,50)(H,51,55). The van der Waals surface area contributed by atoms with Crippen LogP contribution in [0.1, 0.15) is 68.3 Å². The maximum Gasteiger partial charge on any atom is 0.407 e. The number of carbonyl (C=O) groups is 2. The third-order valence-corrected chi connectivity index (χ3v) is 11.8. The van der Waals surface area contributed by atoms with Crippen LogP contribution < -0.4 is 5.32 Å². The largest absolute Gasteiger partial charge is 0.453 e. The van der Waals surface area contributed by atoms with Gasteiger partial charge in [0.25, 0.3) is 5.91 Å². The normalized spacial score (nSPS) is 18.6. The second-order valence-corrected chi connectivity index (χ2v) is 15.5. The molecule has 10 heteroatoms. The molecule has 9 rings (SSSR count). The Morgan fingerprint density at radius 3 is 2.43 bits per heavy atom. The van der Waals surface area contributed by atoms with Gasteiger partial charge in [0.05, 0.1) is 42.6 Å². The Labute approximate surface area is 326 Å². The van der Waals surface area contributed by atoms with E-state index in [1.807, 2.05) is 41.4 Å². The molecule has 2 amide bonds. The van der Waals surface area contributed by atoms with Gasteiger partial charge in [0.2, 0.25) is 0 Å². The maximum absolute atomic E-state index is 14.5. The monoisotopic (exact) mass is 745 g/mol. The molecule has 4 atom stereocenters. The fraction of sp³-hybridized carbons (Fsp3) is 0.304. The van der Waals surface area contributed by atoms with E-state index in [4.69, 9.17) is 14.7 Å². The van der Waals surface area contributed by atoms with E-state index in [9.17, 15) is 9.59 Å². The average Bonchev–Trinajstić information content (AvgIpc) is 3.94. The highest BCUT2D eigenvalue weighted by Crippen LogP contribution is 2.49. The molecule has 1 saturated carbocycles. The third-order valence-electron chi connectivity index (χ3n) is 11.8.